The number of hydrogen-bond acceptors (Lipinski definition) is 5. The fourth-order valence-corrected chi connectivity index (χ4v) is 4.74. The van der Waals surface area contributed by atoms with Gasteiger partial charge in [-0.3, -0.25) is 0 Å². The molecule has 3 aromatic rings. The van der Waals surface area contributed by atoms with Crippen molar-refractivity contribution in [3.05, 3.63) is 86.1 Å². The Morgan fingerprint density at radius 1 is 1.08 bits per heavy atom. The normalized spacial score (nSPS) is 14.6. The van der Waals surface area contributed by atoms with E-state index in [0.717, 1.165) is 11.0 Å². The fourth-order valence-electron chi connectivity index (χ4n) is 2.33. The molecule has 2 N–H and O–H groups in total. The average Bonchev–Trinajstić information content (AvgIpc) is 3.33. The summed E-state index contributed by atoms with van der Waals surface area (Å²) in [6.45, 7) is -0.133. The van der Waals surface area contributed by atoms with Gasteiger partial charge in [0.15, 0.2) is 0 Å². The third-order valence-corrected chi connectivity index (χ3v) is 6.44. The summed E-state index contributed by atoms with van der Waals surface area (Å²) in [5.74, 6) is 0. The lowest BCUT2D eigenvalue weighted by molar-refractivity contribution is 0.0904. The van der Waals surface area contributed by atoms with Crippen LogP contribution in [0.25, 0.3) is 6.08 Å². The van der Waals surface area contributed by atoms with Crippen LogP contribution in [-0.2, 0) is 15.6 Å². The van der Waals surface area contributed by atoms with Crippen molar-refractivity contribution >= 4 is 38.8 Å². The molecule has 130 valence electrons. The SMILES string of the molecule is O=S(=O)(/C=C/c1ccccc1)NCC(O)(c1ccsc1)c1cccs1. The number of sulfonamides is 1. The lowest BCUT2D eigenvalue weighted by Gasteiger charge is -2.26. The van der Waals surface area contributed by atoms with E-state index >= 15 is 0 Å². The molecule has 0 aliphatic rings. The first-order valence-electron chi connectivity index (χ1n) is 7.51. The predicted octanol–water partition coefficient (Wildman–Crippen LogP) is 3.64. The number of hydrogen-bond donors (Lipinski definition) is 2. The maximum absolute atomic E-state index is 12.3. The molecule has 3 rings (SSSR count). The minimum Gasteiger partial charge on any atom is -0.378 e. The predicted molar refractivity (Wildman–Crippen MR) is 104 cm³/mol. The molecule has 0 spiro atoms. The van der Waals surface area contributed by atoms with E-state index in [9.17, 15) is 13.5 Å². The summed E-state index contributed by atoms with van der Waals surface area (Å²) in [5, 5.41) is 17.8. The second-order valence-electron chi connectivity index (χ2n) is 5.43. The second kappa shape index (κ2) is 7.63. The van der Waals surface area contributed by atoms with E-state index in [0.29, 0.717) is 10.4 Å². The number of rotatable bonds is 7. The molecule has 2 aromatic heterocycles. The monoisotopic (exact) mass is 391 g/mol. The fraction of sp³-hybridized carbons (Fsp3) is 0.111. The third-order valence-electron chi connectivity index (χ3n) is 3.70. The van der Waals surface area contributed by atoms with Gasteiger partial charge in [-0.05, 0) is 39.9 Å². The molecule has 1 unspecified atom stereocenters. The summed E-state index contributed by atoms with van der Waals surface area (Å²) in [6, 6.07) is 14.6. The van der Waals surface area contributed by atoms with E-state index in [4.69, 9.17) is 0 Å². The molecule has 0 bridgehead atoms. The van der Waals surface area contributed by atoms with Crippen molar-refractivity contribution in [2.75, 3.05) is 6.54 Å². The minimum absolute atomic E-state index is 0.133. The number of benzene rings is 1. The lowest BCUT2D eigenvalue weighted by Crippen LogP contribution is -2.40. The zero-order chi connectivity index (χ0) is 17.8. The number of nitrogens with one attached hydrogen (secondary N) is 1. The first-order chi connectivity index (χ1) is 12.0. The highest BCUT2D eigenvalue weighted by Gasteiger charge is 2.34. The summed E-state index contributed by atoms with van der Waals surface area (Å²) in [4.78, 5) is 0.695. The van der Waals surface area contributed by atoms with Gasteiger partial charge in [0.25, 0.3) is 0 Å². The van der Waals surface area contributed by atoms with Crippen LogP contribution in [-0.4, -0.2) is 20.1 Å². The molecule has 0 radical (unpaired) electrons. The van der Waals surface area contributed by atoms with Gasteiger partial charge in [-0.2, -0.15) is 11.3 Å². The smallest absolute Gasteiger partial charge is 0.233 e. The van der Waals surface area contributed by atoms with Crippen molar-refractivity contribution in [1.82, 2.24) is 4.72 Å². The second-order valence-corrected chi connectivity index (χ2v) is 8.81. The Hall–Kier alpha value is -1.77. The maximum Gasteiger partial charge on any atom is 0.233 e. The summed E-state index contributed by atoms with van der Waals surface area (Å²) < 4.78 is 27.1. The highest BCUT2D eigenvalue weighted by Crippen LogP contribution is 2.33. The molecule has 1 aromatic carbocycles. The van der Waals surface area contributed by atoms with Crippen molar-refractivity contribution in [2.24, 2.45) is 0 Å². The molecule has 0 aliphatic carbocycles. The Morgan fingerprint density at radius 3 is 2.52 bits per heavy atom. The van der Waals surface area contributed by atoms with Gasteiger partial charge in [-0.15, -0.1) is 11.3 Å². The van der Waals surface area contributed by atoms with E-state index in [-0.39, 0.29) is 6.54 Å². The van der Waals surface area contributed by atoms with Gasteiger partial charge in [0.05, 0.1) is 0 Å². The van der Waals surface area contributed by atoms with Crippen LogP contribution >= 0.6 is 22.7 Å². The van der Waals surface area contributed by atoms with E-state index in [2.05, 4.69) is 4.72 Å². The van der Waals surface area contributed by atoms with Crippen LogP contribution in [0.15, 0.2) is 70.1 Å². The molecule has 0 fully saturated rings. The first kappa shape index (κ1) is 18.0. The van der Waals surface area contributed by atoms with Crippen LogP contribution in [0.5, 0.6) is 0 Å². The highest BCUT2D eigenvalue weighted by molar-refractivity contribution is 7.92. The van der Waals surface area contributed by atoms with Crippen molar-refractivity contribution in [3.8, 4) is 0 Å². The molecule has 0 saturated carbocycles. The van der Waals surface area contributed by atoms with Crippen molar-refractivity contribution in [3.63, 3.8) is 0 Å². The topological polar surface area (TPSA) is 66.4 Å². The Morgan fingerprint density at radius 2 is 1.88 bits per heavy atom. The van der Waals surface area contributed by atoms with E-state index in [1.165, 1.54) is 28.7 Å². The Kier molecular flexibility index (Phi) is 5.51. The van der Waals surface area contributed by atoms with Crippen LogP contribution < -0.4 is 4.72 Å². The van der Waals surface area contributed by atoms with Crippen LogP contribution in [0.2, 0.25) is 0 Å². The van der Waals surface area contributed by atoms with E-state index in [1.807, 2.05) is 52.5 Å². The van der Waals surface area contributed by atoms with Gasteiger partial charge in [0, 0.05) is 22.4 Å². The van der Waals surface area contributed by atoms with Gasteiger partial charge in [0.2, 0.25) is 10.0 Å². The summed E-state index contributed by atoms with van der Waals surface area (Å²) in [5.41, 5.74) is 0.0795. The van der Waals surface area contributed by atoms with Gasteiger partial charge in [-0.25, -0.2) is 13.1 Å². The van der Waals surface area contributed by atoms with Crippen LogP contribution in [0.3, 0.4) is 0 Å². The molecule has 0 amide bonds. The number of thiophene rings is 2. The third kappa shape index (κ3) is 4.45. The van der Waals surface area contributed by atoms with Crippen molar-refractivity contribution in [2.45, 2.75) is 5.60 Å². The average molecular weight is 392 g/mol. The van der Waals surface area contributed by atoms with Crippen molar-refractivity contribution < 1.29 is 13.5 Å². The van der Waals surface area contributed by atoms with Gasteiger partial charge in [0.1, 0.15) is 5.60 Å². The van der Waals surface area contributed by atoms with Gasteiger partial charge < -0.3 is 5.11 Å². The molecular weight excluding hydrogens is 374 g/mol. The Balaban J connectivity index is 1.78. The molecule has 25 heavy (non-hydrogen) atoms. The van der Waals surface area contributed by atoms with Crippen LogP contribution in [0.4, 0.5) is 0 Å². The Bertz CT molecular complexity index is 881. The standard InChI is InChI=1S/C18H17NO3S3/c20-18(16-8-11-23-13-16,17-7-4-10-24-17)14-19-25(21,22)12-9-15-5-2-1-3-6-15/h1-13,19-20H,14H2/b12-9+. The van der Waals surface area contributed by atoms with Crippen LogP contribution in [0, 0.1) is 0 Å². The van der Waals surface area contributed by atoms with Gasteiger partial charge >= 0.3 is 0 Å². The molecule has 0 aliphatic heterocycles. The van der Waals surface area contributed by atoms with E-state index < -0.39 is 15.6 Å². The molecule has 4 nitrogen and oxygen atoms in total. The first-order valence-corrected chi connectivity index (χ1v) is 10.9. The highest BCUT2D eigenvalue weighted by atomic mass is 32.2. The quantitative estimate of drug-likeness (QED) is 0.646. The summed E-state index contributed by atoms with van der Waals surface area (Å²) in [6.07, 6.45) is 1.52. The largest absolute Gasteiger partial charge is 0.378 e. The van der Waals surface area contributed by atoms with Gasteiger partial charge in [-0.1, -0.05) is 36.4 Å². The minimum atomic E-state index is -3.68. The molecule has 7 heteroatoms. The molecule has 1 atom stereocenters. The molecular formula is C18H17NO3S3. The molecule has 2 heterocycles. The lowest BCUT2D eigenvalue weighted by atomic mass is 9.95. The summed E-state index contributed by atoms with van der Waals surface area (Å²) in [7, 11) is -3.68. The summed E-state index contributed by atoms with van der Waals surface area (Å²) >= 11 is 2.85. The zero-order valence-electron chi connectivity index (χ0n) is 13.2. The molecule has 0 saturated heterocycles. The van der Waals surface area contributed by atoms with Crippen molar-refractivity contribution in [1.29, 1.82) is 0 Å². The Labute approximate surface area is 155 Å². The zero-order valence-corrected chi connectivity index (χ0v) is 15.7. The van der Waals surface area contributed by atoms with E-state index in [1.54, 1.807) is 12.1 Å². The van der Waals surface area contributed by atoms with Crippen LogP contribution in [0.1, 0.15) is 16.0 Å². The maximum atomic E-state index is 12.3. The number of aliphatic hydroxyl groups is 1.